The van der Waals surface area contributed by atoms with Crippen LogP contribution < -0.4 is 0 Å². The van der Waals surface area contributed by atoms with E-state index >= 15 is 0 Å². The molecule has 0 aliphatic carbocycles. The molecule has 6 nitrogen and oxygen atoms in total. The van der Waals surface area contributed by atoms with Crippen molar-refractivity contribution >= 4 is 17.9 Å². The van der Waals surface area contributed by atoms with Gasteiger partial charge >= 0.3 is 17.9 Å². The first-order valence-electron chi connectivity index (χ1n) is 32.0. The molecule has 1 atom stereocenters. The fraction of sp³-hybridized carbons (Fsp3) is 0.864. The molecule has 0 aliphatic heterocycles. The van der Waals surface area contributed by atoms with E-state index in [1.165, 1.54) is 225 Å². The van der Waals surface area contributed by atoms with Crippen LogP contribution in [0, 0.1) is 0 Å². The number of allylic oxidation sites excluding steroid dienone is 6. The lowest BCUT2D eigenvalue weighted by atomic mass is 10.0. The van der Waals surface area contributed by atoms with E-state index in [4.69, 9.17) is 14.2 Å². The molecule has 1 unspecified atom stereocenters. The minimum absolute atomic E-state index is 0.0761. The predicted molar refractivity (Wildman–Crippen MR) is 312 cm³/mol. The molecule has 6 heteroatoms. The first kappa shape index (κ1) is 69.6. The Morgan fingerprint density at radius 3 is 0.819 bits per heavy atom. The Hall–Kier alpha value is -2.37. The Morgan fingerprint density at radius 1 is 0.278 bits per heavy atom. The normalized spacial score (nSPS) is 12.2. The largest absolute Gasteiger partial charge is 0.462 e. The van der Waals surface area contributed by atoms with Crippen LogP contribution in [0.4, 0.5) is 0 Å². The molecular formula is C66H122O6. The van der Waals surface area contributed by atoms with E-state index in [9.17, 15) is 14.4 Å². The highest BCUT2D eigenvalue weighted by molar-refractivity contribution is 5.71. The molecule has 0 rings (SSSR count). The number of ether oxygens (including phenoxy) is 3. The number of esters is 3. The summed E-state index contributed by atoms with van der Waals surface area (Å²) in [7, 11) is 0. The van der Waals surface area contributed by atoms with Gasteiger partial charge in [-0.15, -0.1) is 0 Å². The Kier molecular flexibility index (Phi) is 59.2. The van der Waals surface area contributed by atoms with E-state index in [1.807, 2.05) is 0 Å². The summed E-state index contributed by atoms with van der Waals surface area (Å²) in [5.74, 6) is -0.877. The van der Waals surface area contributed by atoms with Crippen LogP contribution in [0.15, 0.2) is 36.5 Å². The molecule has 0 saturated heterocycles. The van der Waals surface area contributed by atoms with Crippen molar-refractivity contribution in [2.45, 2.75) is 354 Å². The number of unbranched alkanes of at least 4 members (excludes halogenated alkanes) is 42. The highest BCUT2D eigenvalue weighted by atomic mass is 16.6. The van der Waals surface area contributed by atoms with E-state index in [2.05, 4.69) is 57.2 Å². The van der Waals surface area contributed by atoms with Crippen molar-refractivity contribution in [1.29, 1.82) is 0 Å². The van der Waals surface area contributed by atoms with E-state index in [-0.39, 0.29) is 31.1 Å². The summed E-state index contributed by atoms with van der Waals surface area (Å²) in [6.45, 7) is 6.64. The summed E-state index contributed by atoms with van der Waals surface area (Å²) in [5, 5.41) is 0. The zero-order valence-corrected chi connectivity index (χ0v) is 48.5. The summed E-state index contributed by atoms with van der Waals surface area (Å²) in [4.78, 5) is 38.3. The standard InChI is InChI=1S/C66H122O6/c1-4-7-10-13-16-19-22-25-28-30-31-32-33-34-35-36-37-39-41-44-47-50-53-56-59-65(68)71-62-63(61-70-64(67)58-55-52-49-46-43-40-27-24-21-18-15-12-9-6-3)72-66(69)60-57-54-51-48-45-42-38-29-26-23-20-17-14-11-8-5-2/h15,18,24,27,29,38,63H,4-14,16-17,19-23,25-26,28,30-37,39-62H2,1-3H3/b18-15-,27-24-,38-29-. The molecule has 0 amide bonds. The summed E-state index contributed by atoms with van der Waals surface area (Å²) in [5.41, 5.74) is 0. The second kappa shape index (κ2) is 61.2. The maximum Gasteiger partial charge on any atom is 0.306 e. The highest BCUT2D eigenvalue weighted by Crippen LogP contribution is 2.18. The van der Waals surface area contributed by atoms with Crippen LogP contribution in [0.3, 0.4) is 0 Å². The minimum atomic E-state index is -0.780. The topological polar surface area (TPSA) is 78.9 Å². The molecule has 0 aliphatic rings. The number of carbonyl (C=O) groups excluding carboxylic acids is 3. The van der Waals surface area contributed by atoms with Crippen LogP contribution in [-0.2, 0) is 28.6 Å². The summed E-state index contributed by atoms with van der Waals surface area (Å²) < 4.78 is 16.9. The summed E-state index contributed by atoms with van der Waals surface area (Å²) in [6.07, 6.45) is 74.4. The van der Waals surface area contributed by atoms with Crippen LogP contribution in [-0.4, -0.2) is 37.2 Å². The third-order valence-electron chi connectivity index (χ3n) is 14.4. The lowest BCUT2D eigenvalue weighted by Crippen LogP contribution is -2.30. The summed E-state index contributed by atoms with van der Waals surface area (Å²) in [6, 6.07) is 0. The van der Waals surface area contributed by atoms with Gasteiger partial charge in [0.05, 0.1) is 0 Å². The van der Waals surface area contributed by atoms with Crippen LogP contribution in [0.2, 0.25) is 0 Å². The number of rotatable bonds is 59. The fourth-order valence-electron chi connectivity index (χ4n) is 9.52. The fourth-order valence-corrected chi connectivity index (χ4v) is 9.52. The minimum Gasteiger partial charge on any atom is -0.462 e. The van der Waals surface area contributed by atoms with Gasteiger partial charge in [0.15, 0.2) is 6.10 Å². The van der Waals surface area contributed by atoms with Crippen molar-refractivity contribution in [2.24, 2.45) is 0 Å². The monoisotopic (exact) mass is 1010 g/mol. The molecule has 0 heterocycles. The van der Waals surface area contributed by atoms with Crippen molar-refractivity contribution in [3.05, 3.63) is 36.5 Å². The summed E-state index contributed by atoms with van der Waals surface area (Å²) >= 11 is 0. The number of hydrogen-bond donors (Lipinski definition) is 0. The molecule has 0 N–H and O–H groups in total. The van der Waals surface area contributed by atoms with Gasteiger partial charge in [-0.05, 0) is 70.6 Å². The predicted octanol–water partition coefficient (Wildman–Crippen LogP) is 21.6. The van der Waals surface area contributed by atoms with Gasteiger partial charge in [-0.1, -0.05) is 295 Å². The molecule has 0 saturated carbocycles. The molecule has 72 heavy (non-hydrogen) atoms. The third-order valence-corrected chi connectivity index (χ3v) is 14.4. The Morgan fingerprint density at radius 2 is 0.514 bits per heavy atom. The first-order chi connectivity index (χ1) is 35.5. The van der Waals surface area contributed by atoms with Gasteiger partial charge in [0.1, 0.15) is 13.2 Å². The maximum absolute atomic E-state index is 12.9. The van der Waals surface area contributed by atoms with Gasteiger partial charge in [-0.2, -0.15) is 0 Å². The Balaban J connectivity index is 4.26. The number of hydrogen-bond acceptors (Lipinski definition) is 6. The van der Waals surface area contributed by atoms with Gasteiger partial charge in [0.25, 0.3) is 0 Å². The average molecular weight is 1010 g/mol. The quantitative estimate of drug-likeness (QED) is 0.0261. The molecule has 0 radical (unpaired) electrons. The van der Waals surface area contributed by atoms with Gasteiger partial charge < -0.3 is 14.2 Å². The molecule has 422 valence electrons. The molecular weight excluding hydrogens is 889 g/mol. The van der Waals surface area contributed by atoms with Crippen molar-refractivity contribution in [2.75, 3.05) is 13.2 Å². The van der Waals surface area contributed by atoms with Crippen molar-refractivity contribution in [3.63, 3.8) is 0 Å². The van der Waals surface area contributed by atoms with Crippen molar-refractivity contribution in [1.82, 2.24) is 0 Å². The second-order valence-corrected chi connectivity index (χ2v) is 21.7. The molecule has 0 spiro atoms. The van der Waals surface area contributed by atoms with Crippen LogP contribution >= 0.6 is 0 Å². The maximum atomic E-state index is 12.9. The van der Waals surface area contributed by atoms with Crippen LogP contribution in [0.5, 0.6) is 0 Å². The second-order valence-electron chi connectivity index (χ2n) is 21.7. The van der Waals surface area contributed by atoms with E-state index < -0.39 is 6.10 Å². The molecule has 0 fully saturated rings. The van der Waals surface area contributed by atoms with Crippen LogP contribution in [0.1, 0.15) is 348 Å². The molecule has 0 aromatic rings. The number of carbonyl (C=O) groups is 3. The third kappa shape index (κ3) is 58.5. The highest BCUT2D eigenvalue weighted by Gasteiger charge is 2.19. The smallest absolute Gasteiger partial charge is 0.306 e. The SMILES string of the molecule is CCCC/C=C\C/C=C\CCCCCCCC(=O)OCC(COC(=O)CCCCCCCCCCCCCCCCCCCCCCCCCC)OC(=O)CCCCCCC/C=C\CCCCCCCCC. The molecule has 0 bridgehead atoms. The molecule has 0 aromatic carbocycles. The van der Waals surface area contributed by atoms with Gasteiger partial charge in [-0.3, -0.25) is 14.4 Å². The van der Waals surface area contributed by atoms with Gasteiger partial charge in [0, 0.05) is 19.3 Å². The van der Waals surface area contributed by atoms with Gasteiger partial charge in [-0.25, -0.2) is 0 Å². The van der Waals surface area contributed by atoms with E-state index in [1.54, 1.807) is 0 Å². The van der Waals surface area contributed by atoms with Crippen LogP contribution in [0.25, 0.3) is 0 Å². The zero-order valence-electron chi connectivity index (χ0n) is 48.5. The lowest BCUT2D eigenvalue weighted by Gasteiger charge is -2.18. The first-order valence-corrected chi connectivity index (χ1v) is 32.0. The Bertz CT molecular complexity index is 1210. The van der Waals surface area contributed by atoms with Gasteiger partial charge in [0.2, 0.25) is 0 Å². The lowest BCUT2D eigenvalue weighted by molar-refractivity contribution is -0.167. The van der Waals surface area contributed by atoms with Crippen molar-refractivity contribution < 1.29 is 28.6 Å². The van der Waals surface area contributed by atoms with E-state index in [0.29, 0.717) is 19.3 Å². The zero-order chi connectivity index (χ0) is 52.2. The molecule has 0 aromatic heterocycles. The van der Waals surface area contributed by atoms with Crippen molar-refractivity contribution in [3.8, 4) is 0 Å². The van der Waals surface area contributed by atoms with E-state index in [0.717, 1.165) is 83.5 Å². The Labute approximate surface area is 448 Å². The average Bonchev–Trinajstić information content (AvgIpc) is 3.38.